The number of hydrogen-bond donors (Lipinski definition) is 3. The molecule has 0 aliphatic carbocycles. The quantitative estimate of drug-likeness (QED) is 0.441. The van der Waals surface area contributed by atoms with E-state index >= 15 is 0 Å². The number of thiophene rings is 1. The number of hydrogen-bond acceptors (Lipinski definition) is 5. The average molecular weight is 312 g/mol. The third-order valence-corrected chi connectivity index (χ3v) is 5.28. The van der Waals surface area contributed by atoms with Crippen LogP contribution < -0.4 is 16.0 Å². The van der Waals surface area contributed by atoms with Gasteiger partial charge in [-0.15, -0.1) is 11.3 Å². The Morgan fingerprint density at radius 2 is 2.00 bits per heavy atom. The highest BCUT2D eigenvalue weighted by Gasteiger charge is 2.29. The molecule has 1 heterocycles. The first-order valence-electron chi connectivity index (χ1n) is 4.91. The van der Waals surface area contributed by atoms with Crippen LogP contribution in [-0.2, 0) is 10.0 Å². The van der Waals surface area contributed by atoms with Crippen LogP contribution >= 0.6 is 22.9 Å². The van der Waals surface area contributed by atoms with Crippen molar-refractivity contribution in [3.63, 3.8) is 0 Å². The van der Waals surface area contributed by atoms with E-state index in [-0.39, 0.29) is 14.1 Å². The van der Waals surface area contributed by atoms with Gasteiger partial charge in [0, 0.05) is 5.54 Å². The highest BCUT2D eigenvalue weighted by atomic mass is 35.5. The van der Waals surface area contributed by atoms with E-state index in [1.807, 2.05) is 5.43 Å². The monoisotopic (exact) mass is 311 g/mol. The molecule has 0 fully saturated rings. The van der Waals surface area contributed by atoms with Gasteiger partial charge in [-0.3, -0.25) is 10.2 Å². The second kappa shape index (κ2) is 5.14. The summed E-state index contributed by atoms with van der Waals surface area (Å²) in [6, 6.07) is 1.27. The van der Waals surface area contributed by atoms with E-state index in [0.717, 1.165) is 11.3 Å². The first-order chi connectivity index (χ1) is 8.07. The van der Waals surface area contributed by atoms with Gasteiger partial charge >= 0.3 is 0 Å². The zero-order valence-corrected chi connectivity index (χ0v) is 12.5. The minimum atomic E-state index is -3.82. The van der Waals surface area contributed by atoms with E-state index in [1.54, 1.807) is 20.8 Å². The van der Waals surface area contributed by atoms with Crippen molar-refractivity contribution < 1.29 is 13.2 Å². The average Bonchev–Trinajstić information content (AvgIpc) is 2.56. The summed E-state index contributed by atoms with van der Waals surface area (Å²) in [6.45, 7) is 5.09. The molecule has 1 rings (SSSR count). The Labute approximate surface area is 115 Å². The van der Waals surface area contributed by atoms with Crippen LogP contribution in [-0.4, -0.2) is 19.9 Å². The largest absolute Gasteiger partial charge is 0.290 e. The van der Waals surface area contributed by atoms with Gasteiger partial charge in [0.25, 0.3) is 15.9 Å². The van der Waals surface area contributed by atoms with Gasteiger partial charge < -0.3 is 0 Å². The molecule has 4 N–H and O–H groups in total. The maximum atomic E-state index is 12.1. The maximum absolute atomic E-state index is 12.1. The van der Waals surface area contributed by atoms with Crippen LogP contribution in [0.2, 0.25) is 4.34 Å². The van der Waals surface area contributed by atoms with Crippen molar-refractivity contribution in [2.75, 3.05) is 0 Å². The summed E-state index contributed by atoms with van der Waals surface area (Å²) in [4.78, 5) is 11.5. The summed E-state index contributed by atoms with van der Waals surface area (Å²) >= 11 is 6.55. The minimum Gasteiger partial charge on any atom is -0.290 e. The summed E-state index contributed by atoms with van der Waals surface area (Å²) in [5.41, 5.74) is 1.16. The third-order valence-electron chi connectivity index (χ3n) is 1.73. The smallest absolute Gasteiger partial charge is 0.267 e. The van der Waals surface area contributed by atoms with Gasteiger partial charge in [-0.2, -0.15) is 0 Å². The van der Waals surface area contributed by atoms with Crippen molar-refractivity contribution in [3.05, 3.63) is 16.0 Å². The van der Waals surface area contributed by atoms with Crippen LogP contribution in [0.5, 0.6) is 0 Å². The molecule has 0 aliphatic heterocycles. The Morgan fingerprint density at radius 3 is 2.44 bits per heavy atom. The van der Waals surface area contributed by atoms with Crippen molar-refractivity contribution in [2.24, 2.45) is 5.84 Å². The molecule has 0 bridgehead atoms. The number of carbonyl (C=O) groups excluding carboxylic acids is 1. The van der Waals surface area contributed by atoms with Crippen LogP contribution in [0.25, 0.3) is 0 Å². The number of halogens is 1. The van der Waals surface area contributed by atoms with Crippen molar-refractivity contribution in [2.45, 2.75) is 30.5 Å². The SMILES string of the molecule is CC(C)(C)NS(=O)(=O)c1sc(Cl)cc1C(=O)NN. The maximum Gasteiger partial charge on any atom is 0.267 e. The fraction of sp³-hybridized carbons (Fsp3) is 0.444. The number of nitrogens with two attached hydrogens (primary N) is 1. The molecule has 1 aromatic heterocycles. The Hall–Kier alpha value is -0.670. The van der Waals surface area contributed by atoms with Gasteiger partial charge in [-0.1, -0.05) is 11.6 Å². The molecule has 0 aliphatic rings. The summed E-state index contributed by atoms with van der Waals surface area (Å²) < 4.78 is 26.7. The van der Waals surface area contributed by atoms with E-state index < -0.39 is 21.5 Å². The lowest BCUT2D eigenvalue weighted by Crippen LogP contribution is -2.41. The molecule has 18 heavy (non-hydrogen) atoms. The fourth-order valence-corrected chi connectivity index (χ4v) is 4.50. The number of nitrogen functional groups attached to an aromatic ring is 1. The third kappa shape index (κ3) is 3.66. The zero-order valence-electron chi connectivity index (χ0n) is 10.1. The zero-order chi connectivity index (χ0) is 14.1. The minimum absolute atomic E-state index is 0.0655. The summed E-state index contributed by atoms with van der Waals surface area (Å²) in [5, 5.41) is 0. The van der Waals surface area contributed by atoms with E-state index in [4.69, 9.17) is 17.4 Å². The van der Waals surface area contributed by atoms with Gasteiger partial charge in [0.1, 0.15) is 4.21 Å². The lowest BCUT2D eigenvalue weighted by atomic mass is 10.1. The molecule has 0 saturated carbocycles. The second-order valence-electron chi connectivity index (χ2n) is 4.58. The van der Waals surface area contributed by atoms with Crippen molar-refractivity contribution >= 4 is 38.9 Å². The van der Waals surface area contributed by atoms with E-state index in [2.05, 4.69) is 4.72 Å². The van der Waals surface area contributed by atoms with Crippen LogP contribution in [0.3, 0.4) is 0 Å². The van der Waals surface area contributed by atoms with Gasteiger partial charge in [0.2, 0.25) is 0 Å². The van der Waals surface area contributed by atoms with Crippen LogP contribution in [0, 0.1) is 0 Å². The molecule has 0 spiro atoms. The van der Waals surface area contributed by atoms with Gasteiger partial charge in [0.15, 0.2) is 0 Å². The molecule has 0 radical (unpaired) electrons. The number of amides is 1. The molecule has 1 amide bonds. The van der Waals surface area contributed by atoms with Gasteiger partial charge in [-0.25, -0.2) is 19.0 Å². The number of nitrogens with one attached hydrogen (secondary N) is 2. The second-order valence-corrected chi connectivity index (χ2v) is 8.14. The van der Waals surface area contributed by atoms with Crippen molar-refractivity contribution in [3.8, 4) is 0 Å². The summed E-state index contributed by atoms with van der Waals surface area (Å²) in [6.07, 6.45) is 0. The highest BCUT2D eigenvalue weighted by molar-refractivity contribution is 7.91. The molecular weight excluding hydrogens is 298 g/mol. The normalized spacial score (nSPS) is 12.5. The molecular formula is C9H14ClN3O3S2. The topological polar surface area (TPSA) is 101 Å². The standard InChI is InChI=1S/C9H14ClN3O3S2/c1-9(2,3)13-18(15,16)8-5(7(14)12-11)4-6(10)17-8/h4,13H,11H2,1-3H3,(H,12,14). The molecule has 0 atom stereocenters. The number of hydrazine groups is 1. The number of carbonyl (C=O) groups is 1. The lowest BCUT2D eigenvalue weighted by Gasteiger charge is -2.20. The summed E-state index contributed by atoms with van der Waals surface area (Å²) in [5.74, 6) is 4.30. The predicted molar refractivity (Wildman–Crippen MR) is 71.1 cm³/mol. The molecule has 102 valence electrons. The molecule has 9 heteroatoms. The predicted octanol–water partition coefficient (Wildman–Crippen LogP) is 1.08. The van der Waals surface area contributed by atoms with Crippen LogP contribution in [0.15, 0.2) is 10.3 Å². The Morgan fingerprint density at radius 1 is 1.44 bits per heavy atom. The first-order valence-corrected chi connectivity index (χ1v) is 7.59. The van der Waals surface area contributed by atoms with E-state index in [0.29, 0.717) is 0 Å². The molecule has 0 aromatic carbocycles. The Kier molecular flexibility index (Phi) is 4.39. The summed E-state index contributed by atoms with van der Waals surface area (Å²) in [7, 11) is -3.82. The molecule has 6 nitrogen and oxygen atoms in total. The first kappa shape index (κ1) is 15.4. The lowest BCUT2D eigenvalue weighted by molar-refractivity contribution is 0.0951. The number of sulfonamides is 1. The Balaban J connectivity index is 3.29. The van der Waals surface area contributed by atoms with Crippen LogP contribution in [0.1, 0.15) is 31.1 Å². The fourth-order valence-electron chi connectivity index (χ4n) is 1.23. The van der Waals surface area contributed by atoms with Gasteiger partial charge in [0.05, 0.1) is 9.90 Å². The highest BCUT2D eigenvalue weighted by Crippen LogP contribution is 2.31. The molecule has 0 unspecified atom stereocenters. The van der Waals surface area contributed by atoms with Crippen LogP contribution in [0.4, 0.5) is 0 Å². The molecule has 0 saturated heterocycles. The van der Waals surface area contributed by atoms with E-state index in [1.165, 1.54) is 6.07 Å². The van der Waals surface area contributed by atoms with Crippen molar-refractivity contribution in [1.82, 2.24) is 10.1 Å². The molecule has 1 aromatic rings. The Bertz CT molecular complexity index is 560. The van der Waals surface area contributed by atoms with E-state index in [9.17, 15) is 13.2 Å². The number of rotatable bonds is 3. The van der Waals surface area contributed by atoms with Gasteiger partial charge in [-0.05, 0) is 26.8 Å². The van der Waals surface area contributed by atoms with Crippen molar-refractivity contribution in [1.29, 1.82) is 0 Å².